The molecule has 8 heteroatoms. The van der Waals surface area contributed by atoms with Gasteiger partial charge in [-0.15, -0.1) is 17.5 Å². The number of anilines is 1. The van der Waals surface area contributed by atoms with Crippen molar-refractivity contribution in [2.45, 2.75) is 0 Å². The molecule has 0 saturated heterocycles. The van der Waals surface area contributed by atoms with Crippen LogP contribution in [0.4, 0.5) is 5.69 Å². The number of carbonyl (C=O) groups is 1. The van der Waals surface area contributed by atoms with Gasteiger partial charge in [0, 0.05) is 16.6 Å². The van der Waals surface area contributed by atoms with Gasteiger partial charge in [0.25, 0.3) is 5.91 Å². The zero-order valence-corrected chi connectivity index (χ0v) is 17.5. The van der Waals surface area contributed by atoms with Gasteiger partial charge < -0.3 is 14.4 Å². The van der Waals surface area contributed by atoms with Crippen molar-refractivity contribution in [3.8, 4) is 5.75 Å². The highest BCUT2D eigenvalue weighted by Crippen LogP contribution is 2.28. The lowest BCUT2D eigenvalue weighted by molar-refractivity contribution is -0.121. The number of hydrogen-bond acceptors (Lipinski definition) is 5. The number of para-hydroxylation sites is 1. The highest BCUT2D eigenvalue weighted by molar-refractivity contribution is 9.10. The van der Waals surface area contributed by atoms with Crippen molar-refractivity contribution in [2.24, 2.45) is 5.10 Å². The molecule has 0 atom stereocenters. The van der Waals surface area contributed by atoms with Crippen LogP contribution in [0.25, 0.3) is 0 Å². The van der Waals surface area contributed by atoms with Gasteiger partial charge in [-0.1, -0.05) is 12.1 Å². The normalized spacial score (nSPS) is 13.7. The second kappa shape index (κ2) is 9.73. The molecule has 0 radical (unpaired) electrons. The summed E-state index contributed by atoms with van der Waals surface area (Å²) in [5.74, 6) is 0.968. The van der Waals surface area contributed by atoms with E-state index in [4.69, 9.17) is 9.47 Å². The quantitative estimate of drug-likeness (QED) is 0.670. The standard InChI is InChI=1S/C19H20BrN3O3.ClH/c1-22(2)11-12-25-15-9-7-14(8-10-15)19-21-23(18(24)13-26-19)17-6-4-3-5-16(17)20;/h3-10H,11-13H2,1-2H3;1H. The molecular formula is C19H21BrClN3O3. The molecular weight excluding hydrogens is 434 g/mol. The van der Waals surface area contributed by atoms with Crippen molar-refractivity contribution >= 4 is 45.8 Å². The average molecular weight is 455 g/mol. The molecule has 1 heterocycles. The third kappa shape index (κ3) is 5.45. The van der Waals surface area contributed by atoms with Crippen molar-refractivity contribution in [1.82, 2.24) is 4.90 Å². The summed E-state index contributed by atoms with van der Waals surface area (Å²) in [5.41, 5.74) is 1.47. The van der Waals surface area contributed by atoms with Crippen LogP contribution in [-0.4, -0.2) is 50.6 Å². The summed E-state index contributed by atoms with van der Waals surface area (Å²) in [7, 11) is 4.01. The SMILES string of the molecule is CN(C)CCOc1ccc(C2=NN(c3ccccc3Br)C(=O)CO2)cc1.Cl. The van der Waals surface area contributed by atoms with Crippen LogP contribution in [-0.2, 0) is 9.53 Å². The third-order valence-corrected chi connectivity index (χ3v) is 4.42. The van der Waals surface area contributed by atoms with Gasteiger partial charge in [-0.05, 0) is 66.4 Å². The largest absolute Gasteiger partial charge is 0.492 e. The minimum atomic E-state index is -0.218. The molecule has 2 aromatic rings. The fourth-order valence-corrected chi connectivity index (χ4v) is 2.81. The van der Waals surface area contributed by atoms with Gasteiger partial charge in [0.1, 0.15) is 12.4 Å². The number of ether oxygens (including phenoxy) is 2. The third-order valence-electron chi connectivity index (χ3n) is 3.75. The van der Waals surface area contributed by atoms with E-state index in [1.165, 1.54) is 5.01 Å². The summed E-state index contributed by atoms with van der Waals surface area (Å²) < 4.78 is 12.0. The van der Waals surface area contributed by atoms with Crippen LogP contribution in [0.15, 0.2) is 58.1 Å². The fourth-order valence-electron chi connectivity index (χ4n) is 2.36. The highest BCUT2D eigenvalue weighted by Gasteiger charge is 2.25. The first-order valence-electron chi connectivity index (χ1n) is 8.21. The van der Waals surface area contributed by atoms with Crippen molar-refractivity contribution in [3.63, 3.8) is 0 Å². The van der Waals surface area contributed by atoms with Crippen LogP contribution in [0.1, 0.15) is 5.56 Å². The Balaban J connectivity index is 0.00000261. The van der Waals surface area contributed by atoms with Gasteiger partial charge in [0.05, 0.1) is 5.69 Å². The minimum absolute atomic E-state index is 0. The maximum atomic E-state index is 12.2. The van der Waals surface area contributed by atoms with E-state index in [0.717, 1.165) is 22.3 Å². The van der Waals surface area contributed by atoms with Crippen LogP contribution in [0.3, 0.4) is 0 Å². The topological polar surface area (TPSA) is 54.4 Å². The summed E-state index contributed by atoms with van der Waals surface area (Å²) in [6.07, 6.45) is 0. The fraction of sp³-hybridized carbons (Fsp3) is 0.263. The van der Waals surface area contributed by atoms with E-state index >= 15 is 0 Å². The molecule has 0 aliphatic carbocycles. The summed E-state index contributed by atoms with van der Waals surface area (Å²) in [5, 5.41) is 5.75. The molecule has 3 rings (SSSR count). The second-order valence-corrected chi connectivity index (χ2v) is 6.88. The molecule has 0 unspecified atom stereocenters. The maximum Gasteiger partial charge on any atom is 0.285 e. The van der Waals surface area contributed by atoms with Crippen molar-refractivity contribution in [3.05, 3.63) is 58.6 Å². The molecule has 0 aromatic heterocycles. The lowest BCUT2D eigenvalue weighted by Crippen LogP contribution is -2.37. The predicted octanol–water partition coefficient (Wildman–Crippen LogP) is 3.54. The Morgan fingerprint density at radius 2 is 1.89 bits per heavy atom. The Morgan fingerprint density at radius 3 is 2.56 bits per heavy atom. The molecule has 1 aliphatic rings. The Morgan fingerprint density at radius 1 is 1.19 bits per heavy atom. The van der Waals surface area contributed by atoms with E-state index in [2.05, 4.69) is 25.9 Å². The number of nitrogens with zero attached hydrogens (tertiary/aromatic N) is 3. The summed E-state index contributed by atoms with van der Waals surface area (Å²) >= 11 is 3.46. The van der Waals surface area contributed by atoms with E-state index in [1.807, 2.05) is 62.6 Å². The van der Waals surface area contributed by atoms with Crippen LogP contribution in [0.5, 0.6) is 5.75 Å². The van der Waals surface area contributed by atoms with Crippen LogP contribution < -0.4 is 9.75 Å². The Bertz CT molecular complexity index is 812. The molecule has 27 heavy (non-hydrogen) atoms. The lowest BCUT2D eigenvalue weighted by atomic mass is 10.2. The summed E-state index contributed by atoms with van der Waals surface area (Å²) in [4.78, 5) is 14.3. The summed E-state index contributed by atoms with van der Waals surface area (Å²) in [6.45, 7) is 1.41. The first-order chi connectivity index (χ1) is 12.5. The number of benzene rings is 2. The smallest absolute Gasteiger partial charge is 0.285 e. The molecule has 0 bridgehead atoms. The van der Waals surface area contributed by atoms with Crippen LogP contribution in [0.2, 0.25) is 0 Å². The number of likely N-dealkylation sites (N-methyl/N-ethyl adjacent to an activating group) is 1. The number of hydrazone groups is 1. The van der Waals surface area contributed by atoms with Gasteiger partial charge >= 0.3 is 0 Å². The molecule has 1 aliphatic heterocycles. The van der Waals surface area contributed by atoms with E-state index in [1.54, 1.807) is 0 Å². The Kier molecular flexibility index (Phi) is 7.65. The van der Waals surface area contributed by atoms with Gasteiger partial charge in [-0.2, -0.15) is 5.01 Å². The minimum Gasteiger partial charge on any atom is -0.492 e. The van der Waals surface area contributed by atoms with Crippen molar-refractivity contribution in [2.75, 3.05) is 38.9 Å². The second-order valence-electron chi connectivity index (χ2n) is 6.03. The first kappa shape index (κ1) is 21.2. The van der Waals surface area contributed by atoms with E-state index in [-0.39, 0.29) is 24.9 Å². The average Bonchev–Trinajstić information content (AvgIpc) is 2.63. The molecule has 0 saturated carbocycles. The molecule has 6 nitrogen and oxygen atoms in total. The Hall–Kier alpha value is -2.09. The predicted molar refractivity (Wildman–Crippen MR) is 112 cm³/mol. The van der Waals surface area contributed by atoms with Crippen LogP contribution >= 0.6 is 28.3 Å². The number of carbonyl (C=O) groups excluding carboxylic acids is 1. The number of rotatable bonds is 6. The Labute approximate surface area is 173 Å². The number of halogens is 2. The first-order valence-corrected chi connectivity index (χ1v) is 9.01. The van der Waals surface area contributed by atoms with Gasteiger partial charge in [0.2, 0.25) is 5.90 Å². The molecule has 144 valence electrons. The molecule has 0 fully saturated rings. The highest BCUT2D eigenvalue weighted by atomic mass is 79.9. The number of hydrogen-bond donors (Lipinski definition) is 0. The molecule has 1 amide bonds. The number of amides is 1. The van der Waals surface area contributed by atoms with E-state index < -0.39 is 0 Å². The maximum absolute atomic E-state index is 12.2. The van der Waals surface area contributed by atoms with Gasteiger partial charge in [-0.3, -0.25) is 4.79 Å². The van der Waals surface area contributed by atoms with Crippen LogP contribution in [0, 0.1) is 0 Å². The van der Waals surface area contributed by atoms with Crippen molar-refractivity contribution in [1.29, 1.82) is 0 Å². The molecule has 2 aromatic carbocycles. The van der Waals surface area contributed by atoms with Gasteiger partial charge in [-0.25, -0.2) is 0 Å². The zero-order chi connectivity index (χ0) is 18.5. The molecule has 0 spiro atoms. The van der Waals surface area contributed by atoms with Crippen molar-refractivity contribution < 1.29 is 14.3 Å². The van der Waals surface area contributed by atoms with E-state index in [9.17, 15) is 4.79 Å². The molecule has 0 N–H and O–H groups in total. The van der Waals surface area contributed by atoms with E-state index in [0.29, 0.717) is 18.2 Å². The zero-order valence-electron chi connectivity index (χ0n) is 15.1. The summed E-state index contributed by atoms with van der Waals surface area (Å²) in [6, 6.07) is 14.9. The monoisotopic (exact) mass is 453 g/mol. The van der Waals surface area contributed by atoms with Gasteiger partial charge in [0.15, 0.2) is 6.61 Å². The lowest BCUT2D eigenvalue weighted by Gasteiger charge is -2.24.